The van der Waals surface area contributed by atoms with E-state index in [4.69, 9.17) is 4.42 Å². The molecule has 4 heteroatoms. The molecule has 3 aromatic heterocycles. The second-order valence-electron chi connectivity index (χ2n) is 14.6. The van der Waals surface area contributed by atoms with Crippen LogP contribution in [0.1, 0.15) is 5.56 Å². The molecular formula is C46H39N2OSi+. The Hall–Kier alpha value is -5.71. The highest BCUT2D eigenvalue weighted by Gasteiger charge is 2.26. The zero-order valence-electron chi connectivity index (χ0n) is 29.2. The van der Waals surface area contributed by atoms with Crippen LogP contribution < -0.4 is 9.75 Å². The lowest BCUT2D eigenvalue weighted by molar-refractivity contribution is -0.632. The van der Waals surface area contributed by atoms with E-state index >= 15 is 0 Å². The van der Waals surface area contributed by atoms with Crippen molar-refractivity contribution in [2.45, 2.75) is 26.6 Å². The fourth-order valence-electron chi connectivity index (χ4n) is 7.72. The third-order valence-electron chi connectivity index (χ3n) is 10.4. The molecule has 3 heterocycles. The first-order valence-electron chi connectivity index (χ1n) is 17.4. The molecule has 6 aromatic carbocycles. The number of rotatable bonds is 5. The van der Waals surface area contributed by atoms with Crippen molar-refractivity contribution in [2.24, 2.45) is 7.05 Å². The minimum atomic E-state index is -1.36. The van der Waals surface area contributed by atoms with Gasteiger partial charge in [-0.05, 0) is 77.2 Å². The molecule has 0 N–H and O–H groups in total. The summed E-state index contributed by atoms with van der Waals surface area (Å²) in [6, 6.07) is 53.0. The Morgan fingerprint density at radius 2 is 1.24 bits per heavy atom. The van der Waals surface area contributed by atoms with Crippen molar-refractivity contribution < 1.29 is 8.98 Å². The van der Waals surface area contributed by atoms with Crippen molar-refractivity contribution in [1.29, 1.82) is 0 Å². The number of benzene rings is 6. The van der Waals surface area contributed by atoms with Crippen LogP contribution in [0.3, 0.4) is 0 Å². The summed E-state index contributed by atoms with van der Waals surface area (Å²) in [4.78, 5) is 0. The number of fused-ring (bicyclic) bond motifs is 6. The molecule has 50 heavy (non-hydrogen) atoms. The molecule has 0 aliphatic carbocycles. The lowest BCUT2D eigenvalue weighted by Gasteiger charge is -2.16. The number of para-hydroxylation sites is 1. The molecule has 0 radical (unpaired) electrons. The van der Waals surface area contributed by atoms with Gasteiger partial charge in [0.05, 0.1) is 24.5 Å². The van der Waals surface area contributed by atoms with Crippen LogP contribution in [0.5, 0.6) is 0 Å². The maximum atomic E-state index is 6.83. The van der Waals surface area contributed by atoms with Gasteiger partial charge in [0.15, 0.2) is 0 Å². The fourth-order valence-corrected chi connectivity index (χ4v) is 8.89. The van der Waals surface area contributed by atoms with Gasteiger partial charge in [0, 0.05) is 22.5 Å². The van der Waals surface area contributed by atoms with Gasteiger partial charge >= 0.3 is 0 Å². The SMILES string of the molecule is Cc1ccc2c(oc3cc(-c4ccc([Si](C)(C)C)cc4)ccc32)c1-c1ccc2c(c3ccccc3n2-c2cccc(-c3ccccc3)c2)[n+]1C. The van der Waals surface area contributed by atoms with Gasteiger partial charge in [-0.3, -0.25) is 0 Å². The van der Waals surface area contributed by atoms with Crippen LogP contribution in [-0.4, -0.2) is 12.6 Å². The number of furan rings is 1. The van der Waals surface area contributed by atoms with Crippen LogP contribution in [0.2, 0.25) is 19.6 Å². The van der Waals surface area contributed by atoms with Crippen LogP contribution >= 0.6 is 0 Å². The Kier molecular flexibility index (Phi) is 6.94. The van der Waals surface area contributed by atoms with Crippen LogP contribution in [-0.2, 0) is 7.05 Å². The first-order valence-corrected chi connectivity index (χ1v) is 20.9. The molecule has 0 unspecified atom stereocenters. The largest absolute Gasteiger partial charge is 0.455 e. The Balaban J connectivity index is 1.21. The molecule has 0 bridgehead atoms. The van der Waals surface area contributed by atoms with Crippen LogP contribution in [0.25, 0.3) is 83.1 Å². The molecule has 0 aliphatic heterocycles. The summed E-state index contributed by atoms with van der Waals surface area (Å²) in [6.45, 7) is 9.37. The Morgan fingerprint density at radius 3 is 2.04 bits per heavy atom. The minimum absolute atomic E-state index is 0.914. The summed E-state index contributed by atoms with van der Waals surface area (Å²) in [7, 11) is 0.835. The predicted octanol–water partition coefficient (Wildman–Crippen LogP) is 11.4. The molecule has 0 atom stereocenters. The van der Waals surface area contributed by atoms with E-state index in [0.717, 1.165) is 38.9 Å². The summed E-state index contributed by atoms with van der Waals surface area (Å²) in [5, 5.41) is 4.97. The number of aromatic nitrogens is 2. The highest BCUT2D eigenvalue weighted by Crippen LogP contribution is 2.40. The van der Waals surface area contributed by atoms with Gasteiger partial charge in [-0.2, -0.15) is 4.57 Å². The van der Waals surface area contributed by atoms with Crippen molar-refractivity contribution in [1.82, 2.24) is 4.57 Å². The van der Waals surface area contributed by atoms with Crippen LogP contribution in [0.15, 0.2) is 150 Å². The quantitative estimate of drug-likeness (QED) is 0.133. The molecule has 9 aromatic rings. The van der Waals surface area contributed by atoms with Gasteiger partial charge in [-0.25, -0.2) is 0 Å². The Morgan fingerprint density at radius 1 is 0.560 bits per heavy atom. The van der Waals surface area contributed by atoms with E-state index in [9.17, 15) is 0 Å². The van der Waals surface area contributed by atoms with Crippen molar-refractivity contribution in [2.75, 3.05) is 0 Å². The second kappa shape index (κ2) is 11.4. The Bertz CT molecular complexity index is 2750. The van der Waals surface area contributed by atoms with E-state index in [1.165, 1.54) is 54.9 Å². The maximum Gasteiger partial charge on any atom is 0.239 e. The number of aryl methyl sites for hydroxylation is 2. The van der Waals surface area contributed by atoms with Gasteiger partial charge < -0.3 is 8.98 Å². The van der Waals surface area contributed by atoms with E-state index in [-0.39, 0.29) is 0 Å². The zero-order valence-corrected chi connectivity index (χ0v) is 30.2. The molecule has 9 rings (SSSR count). The highest BCUT2D eigenvalue weighted by atomic mass is 28.3. The first-order chi connectivity index (χ1) is 24.3. The van der Waals surface area contributed by atoms with E-state index < -0.39 is 8.07 Å². The lowest BCUT2D eigenvalue weighted by atomic mass is 9.99. The smallest absolute Gasteiger partial charge is 0.239 e. The van der Waals surface area contributed by atoms with Crippen molar-refractivity contribution in [3.63, 3.8) is 0 Å². The summed E-state index contributed by atoms with van der Waals surface area (Å²) in [6.07, 6.45) is 0. The summed E-state index contributed by atoms with van der Waals surface area (Å²) in [5.41, 5.74) is 14.8. The third kappa shape index (κ3) is 4.82. The molecule has 0 aliphatic rings. The number of pyridine rings is 1. The van der Waals surface area contributed by atoms with Gasteiger partial charge in [0.2, 0.25) is 11.2 Å². The molecule has 242 valence electrons. The third-order valence-corrected chi connectivity index (χ3v) is 12.4. The topological polar surface area (TPSA) is 21.9 Å². The summed E-state index contributed by atoms with van der Waals surface area (Å²) in [5.74, 6) is 0. The molecule has 0 spiro atoms. The number of hydrogen-bond acceptors (Lipinski definition) is 1. The summed E-state index contributed by atoms with van der Waals surface area (Å²) >= 11 is 0. The molecule has 0 saturated carbocycles. The molecule has 0 saturated heterocycles. The lowest BCUT2D eigenvalue weighted by Crippen LogP contribution is -2.37. The van der Waals surface area contributed by atoms with E-state index in [1.54, 1.807) is 0 Å². The monoisotopic (exact) mass is 663 g/mol. The average molecular weight is 664 g/mol. The second-order valence-corrected chi connectivity index (χ2v) is 19.6. The fraction of sp³-hybridized carbons (Fsp3) is 0.109. The zero-order chi connectivity index (χ0) is 34.1. The van der Waals surface area contributed by atoms with Crippen LogP contribution in [0.4, 0.5) is 0 Å². The van der Waals surface area contributed by atoms with Gasteiger partial charge in [0.1, 0.15) is 23.7 Å². The Labute approximate surface area is 293 Å². The van der Waals surface area contributed by atoms with Gasteiger partial charge in [0.25, 0.3) is 0 Å². The number of nitrogens with zero attached hydrogens (tertiary/aromatic N) is 2. The van der Waals surface area contributed by atoms with E-state index in [1.807, 2.05) is 0 Å². The van der Waals surface area contributed by atoms with E-state index in [2.05, 4.69) is 188 Å². The van der Waals surface area contributed by atoms with Crippen LogP contribution in [0, 0.1) is 6.92 Å². The van der Waals surface area contributed by atoms with Crippen molar-refractivity contribution in [3.05, 3.63) is 151 Å². The maximum absolute atomic E-state index is 6.83. The number of hydrogen-bond donors (Lipinski definition) is 0. The molecule has 3 nitrogen and oxygen atoms in total. The summed E-state index contributed by atoms with van der Waals surface area (Å²) < 4.78 is 11.6. The minimum Gasteiger partial charge on any atom is -0.455 e. The van der Waals surface area contributed by atoms with Crippen molar-refractivity contribution >= 4 is 57.1 Å². The highest BCUT2D eigenvalue weighted by molar-refractivity contribution is 6.88. The average Bonchev–Trinajstić information content (AvgIpc) is 3.68. The normalized spacial score (nSPS) is 12.1. The van der Waals surface area contributed by atoms with Gasteiger partial charge in [-0.1, -0.05) is 122 Å². The van der Waals surface area contributed by atoms with E-state index in [0.29, 0.717) is 0 Å². The molecule has 0 fully saturated rings. The predicted molar refractivity (Wildman–Crippen MR) is 213 cm³/mol. The van der Waals surface area contributed by atoms with Crippen molar-refractivity contribution in [3.8, 4) is 39.2 Å². The standard InChI is InChI=1S/C46H39N2OSi/c1-30-18-24-38-37-25-21-34(32-19-22-36(23-20-32)50(3,4)5)29-43(37)49-46(38)44(30)41-26-27-42-45(47(41)2)39-16-9-10-17-40(39)48(42)35-15-11-14-33(28-35)31-12-7-6-8-13-31/h6-29H,1-5H3/q+1. The van der Waals surface area contributed by atoms with Gasteiger partial charge in [-0.15, -0.1) is 0 Å². The molecular weight excluding hydrogens is 625 g/mol. The molecule has 0 amide bonds. The first kappa shape index (κ1) is 30.4.